The second kappa shape index (κ2) is 7.77. The average molecular weight is 393 g/mol. The Morgan fingerprint density at radius 1 is 1.12 bits per heavy atom. The highest BCUT2D eigenvalue weighted by Gasteiger charge is 2.39. The van der Waals surface area contributed by atoms with Crippen LogP contribution in [0.1, 0.15) is 19.8 Å². The van der Waals surface area contributed by atoms with Gasteiger partial charge in [0.2, 0.25) is 10.0 Å². The van der Waals surface area contributed by atoms with E-state index in [9.17, 15) is 18.5 Å². The van der Waals surface area contributed by atoms with Crippen LogP contribution in [0.4, 0.5) is 5.69 Å². The smallest absolute Gasteiger partial charge is 0.258 e. The van der Waals surface area contributed by atoms with E-state index in [-0.39, 0.29) is 21.9 Å². The average Bonchev–Trinajstić information content (AvgIpc) is 2.64. The molecule has 0 amide bonds. The number of thioether (sulfide) groups is 1. The third kappa shape index (κ3) is 3.77. The normalized spacial score (nSPS) is 21.4. The fourth-order valence-electron chi connectivity index (χ4n) is 3.20. The van der Waals surface area contributed by atoms with Crippen molar-refractivity contribution in [3.63, 3.8) is 0 Å². The quantitative estimate of drug-likeness (QED) is 0.569. The first-order chi connectivity index (χ1) is 12.4. The summed E-state index contributed by atoms with van der Waals surface area (Å²) in [7, 11) is -3.93. The standard InChI is InChI=1S/C18H20N2O4S2/c1-14-17(25-15-8-3-2-4-9-15)11-7-13-19(14)26(23,24)18-12-6-5-10-16(18)20(21)22/h2-6,8-10,12,14,17H,7,11,13H2,1H3/t14-,17-/m1/s1. The summed E-state index contributed by atoms with van der Waals surface area (Å²) in [5.74, 6) is 0. The lowest BCUT2D eigenvalue weighted by Gasteiger charge is -2.37. The molecule has 1 fully saturated rings. The predicted molar refractivity (Wildman–Crippen MR) is 102 cm³/mol. The van der Waals surface area contributed by atoms with Crippen molar-refractivity contribution in [2.45, 2.75) is 40.8 Å². The minimum Gasteiger partial charge on any atom is -0.258 e. The Labute approximate surface area is 157 Å². The maximum Gasteiger partial charge on any atom is 0.289 e. The molecule has 1 saturated heterocycles. The van der Waals surface area contributed by atoms with Gasteiger partial charge in [0.05, 0.1) is 4.92 Å². The SMILES string of the molecule is C[C@@H]1[C@H](Sc2ccccc2)CCCN1S(=O)(=O)c1ccccc1[N+](=O)[O-]. The third-order valence-electron chi connectivity index (χ3n) is 4.54. The van der Waals surface area contributed by atoms with Crippen molar-refractivity contribution in [3.8, 4) is 0 Å². The lowest BCUT2D eigenvalue weighted by Crippen LogP contribution is -2.48. The van der Waals surface area contributed by atoms with Crippen LogP contribution >= 0.6 is 11.8 Å². The highest BCUT2D eigenvalue weighted by atomic mass is 32.2. The summed E-state index contributed by atoms with van der Waals surface area (Å²) >= 11 is 1.66. The monoisotopic (exact) mass is 392 g/mol. The number of rotatable bonds is 5. The first kappa shape index (κ1) is 18.9. The Kier molecular flexibility index (Phi) is 5.64. The van der Waals surface area contributed by atoms with Crippen molar-refractivity contribution in [3.05, 3.63) is 64.7 Å². The van der Waals surface area contributed by atoms with Crippen LogP contribution in [0, 0.1) is 10.1 Å². The fourth-order valence-corrected chi connectivity index (χ4v) is 6.43. The Balaban J connectivity index is 1.89. The minimum absolute atomic E-state index is 0.101. The van der Waals surface area contributed by atoms with E-state index in [1.165, 1.54) is 28.6 Å². The zero-order valence-electron chi connectivity index (χ0n) is 14.3. The van der Waals surface area contributed by atoms with E-state index in [1.54, 1.807) is 11.8 Å². The fraction of sp³-hybridized carbons (Fsp3) is 0.333. The number of sulfonamides is 1. The maximum atomic E-state index is 13.1. The number of hydrogen-bond donors (Lipinski definition) is 0. The van der Waals surface area contributed by atoms with Gasteiger partial charge in [-0.1, -0.05) is 30.3 Å². The van der Waals surface area contributed by atoms with Gasteiger partial charge in [-0.3, -0.25) is 10.1 Å². The summed E-state index contributed by atoms with van der Waals surface area (Å²) in [5.41, 5.74) is -0.377. The third-order valence-corrected chi connectivity index (χ3v) is 8.05. The van der Waals surface area contributed by atoms with Crippen LogP contribution in [0.25, 0.3) is 0 Å². The molecule has 1 heterocycles. The molecule has 2 aromatic carbocycles. The van der Waals surface area contributed by atoms with Crippen LogP contribution in [0.15, 0.2) is 64.4 Å². The molecule has 2 atom stereocenters. The van der Waals surface area contributed by atoms with Gasteiger partial charge < -0.3 is 0 Å². The molecule has 2 aromatic rings. The molecule has 0 spiro atoms. The summed E-state index contributed by atoms with van der Waals surface area (Å²) in [4.78, 5) is 11.5. The van der Waals surface area contributed by atoms with Gasteiger partial charge in [-0.15, -0.1) is 11.8 Å². The Bertz CT molecular complexity index is 887. The van der Waals surface area contributed by atoms with Crippen LogP contribution in [0.2, 0.25) is 0 Å². The van der Waals surface area contributed by atoms with Crippen molar-refractivity contribution in [1.82, 2.24) is 4.31 Å². The lowest BCUT2D eigenvalue weighted by molar-refractivity contribution is -0.387. The van der Waals surface area contributed by atoms with Gasteiger partial charge in [0.15, 0.2) is 4.90 Å². The van der Waals surface area contributed by atoms with E-state index in [1.807, 2.05) is 37.3 Å². The maximum absolute atomic E-state index is 13.1. The molecule has 3 rings (SSSR count). The molecule has 0 aliphatic carbocycles. The lowest BCUT2D eigenvalue weighted by atomic mass is 10.1. The predicted octanol–water partition coefficient (Wildman–Crippen LogP) is 3.93. The van der Waals surface area contributed by atoms with Gasteiger partial charge in [-0.25, -0.2) is 8.42 Å². The van der Waals surface area contributed by atoms with Gasteiger partial charge in [-0.2, -0.15) is 4.31 Å². The Hall–Kier alpha value is -1.90. The molecule has 138 valence electrons. The van der Waals surface area contributed by atoms with E-state index >= 15 is 0 Å². The van der Waals surface area contributed by atoms with E-state index in [4.69, 9.17) is 0 Å². The first-order valence-corrected chi connectivity index (χ1v) is 10.7. The highest BCUT2D eigenvalue weighted by molar-refractivity contribution is 8.00. The van der Waals surface area contributed by atoms with Crippen molar-refractivity contribution in [1.29, 1.82) is 0 Å². The number of nitrogens with zero attached hydrogens (tertiary/aromatic N) is 2. The van der Waals surface area contributed by atoms with Gasteiger partial charge in [-0.05, 0) is 38.0 Å². The molecule has 1 aliphatic rings. The second-order valence-electron chi connectivity index (χ2n) is 6.19. The van der Waals surface area contributed by atoms with Crippen molar-refractivity contribution < 1.29 is 13.3 Å². The molecule has 0 radical (unpaired) electrons. The largest absolute Gasteiger partial charge is 0.289 e. The van der Waals surface area contributed by atoms with E-state index in [2.05, 4.69) is 0 Å². The molecule has 6 nitrogen and oxygen atoms in total. The topological polar surface area (TPSA) is 80.5 Å². The number of piperidine rings is 1. The van der Waals surface area contributed by atoms with E-state index < -0.39 is 14.9 Å². The molecule has 8 heteroatoms. The van der Waals surface area contributed by atoms with Gasteiger partial charge in [0.25, 0.3) is 5.69 Å². The van der Waals surface area contributed by atoms with Crippen LogP contribution in [0.3, 0.4) is 0 Å². The van der Waals surface area contributed by atoms with E-state index in [0.29, 0.717) is 6.54 Å². The highest BCUT2D eigenvalue weighted by Crippen LogP contribution is 2.37. The molecular weight excluding hydrogens is 372 g/mol. The van der Waals surface area contributed by atoms with Gasteiger partial charge >= 0.3 is 0 Å². The number of nitro groups is 1. The number of nitro benzene ring substituents is 1. The summed E-state index contributed by atoms with van der Waals surface area (Å²) in [6.07, 6.45) is 1.64. The number of benzene rings is 2. The number of para-hydroxylation sites is 1. The zero-order valence-corrected chi connectivity index (χ0v) is 15.9. The molecule has 1 aliphatic heterocycles. The van der Waals surface area contributed by atoms with Gasteiger partial charge in [0.1, 0.15) is 0 Å². The molecule has 0 bridgehead atoms. The summed E-state index contributed by atoms with van der Waals surface area (Å²) in [5, 5.41) is 11.4. The molecular formula is C18H20N2O4S2. The van der Waals surface area contributed by atoms with Gasteiger partial charge in [0, 0.05) is 28.8 Å². The molecule has 0 aromatic heterocycles. The van der Waals surface area contributed by atoms with Crippen molar-refractivity contribution in [2.24, 2.45) is 0 Å². The van der Waals surface area contributed by atoms with Crippen molar-refractivity contribution in [2.75, 3.05) is 6.54 Å². The minimum atomic E-state index is -3.93. The Morgan fingerprint density at radius 3 is 2.46 bits per heavy atom. The second-order valence-corrected chi connectivity index (χ2v) is 9.36. The van der Waals surface area contributed by atoms with E-state index in [0.717, 1.165) is 17.7 Å². The Morgan fingerprint density at radius 2 is 1.77 bits per heavy atom. The van der Waals surface area contributed by atoms with Crippen LogP contribution < -0.4 is 0 Å². The molecule has 0 saturated carbocycles. The van der Waals surface area contributed by atoms with Crippen LogP contribution in [-0.2, 0) is 10.0 Å². The summed E-state index contributed by atoms with van der Waals surface area (Å²) in [6.45, 7) is 2.26. The summed E-state index contributed by atoms with van der Waals surface area (Å²) < 4.78 is 27.7. The molecule has 26 heavy (non-hydrogen) atoms. The van der Waals surface area contributed by atoms with Crippen molar-refractivity contribution >= 4 is 27.5 Å². The molecule has 0 unspecified atom stereocenters. The summed E-state index contributed by atoms with van der Waals surface area (Å²) in [6, 6.07) is 15.2. The first-order valence-electron chi connectivity index (χ1n) is 8.38. The molecule has 0 N–H and O–H groups in total. The number of hydrogen-bond acceptors (Lipinski definition) is 5. The zero-order chi connectivity index (χ0) is 18.7. The van der Waals surface area contributed by atoms with Crippen LogP contribution in [0.5, 0.6) is 0 Å². The van der Waals surface area contributed by atoms with Crippen LogP contribution in [-0.4, -0.2) is 35.5 Å².